The second-order valence-electron chi connectivity index (χ2n) is 12.4. The molecule has 1 saturated heterocycles. The van der Waals surface area contributed by atoms with Crippen LogP contribution in [-0.4, -0.2) is 54.4 Å². The van der Waals surface area contributed by atoms with Crippen LogP contribution in [0.4, 0.5) is 0 Å². The maximum Gasteiger partial charge on any atom is 0.337 e. The molecule has 1 aliphatic heterocycles. The molecule has 0 bridgehead atoms. The molecule has 8 unspecified atom stereocenters. The van der Waals surface area contributed by atoms with Gasteiger partial charge in [-0.25, -0.2) is 4.79 Å². The minimum atomic E-state index is -1.10. The van der Waals surface area contributed by atoms with E-state index in [1.807, 2.05) is 0 Å². The van der Waals surface area contributed by atoms with Gasteiger partial charge >= 0.3 is 5.97 Å². The van der Waals surface area contributed by atoms with Crippen molar-refractivity contribution in [1.82, 2.24) is 4.90 Å². The number of ether oxygens (including phenoxy) is 1. The molecule has 1 heterocycles. The highest BCUT2D eigenvalue weighted by Crippen LogP contribution is 2.68. The maximum absolute atomic E-state index is 10.4. The number of carbonyl (C=O) groups excluding carboxylic acids is 1. The molecule has 0 radical (unpaired) electrons. The van der Waals surface area contributed by atoms with Crippen LogP contribution in [0.3, 0.4) is 0 Å². The Morgan fingerprint density at radius 3 is 2.50 bits per heavy atom. The molecule has 32 heavy (non-hydrogen) atoms. The Balaban J connectivity index is 0.000000230. The summed E-state index contributed by atoms with van der Waals surface area (Å²) in [5.74, 6) is 3.38. The molecule has 1 spiro atoms. The zero-order valence-corrected chi connectivity index (χ0v) is 20.6. The average Bonchev–Trinajstić information content (AvgIpc) is 3.34. The second kappa shape index (κ2) is 7.81. The fourth-order valence-electron chi connectivity index (χ4n) is 9.00. The molecule has 3 N–H and O–H groups in total. The summed E-state index contributed by atoms with van der Waals surface area (Å²) in [6.07, 6.45) is 14.9. The van der Waals surface area contributed by atoms with E-state index in [-0.39, 0.29) is 0 Å². The van der Waals surface area contributed by atoms with E-state index in [9.17, 15) is 4.79 Å². The molecule has 4 saturated carbocycles. The highest BCUT2D eigenvalue weighted by molar-refractivity contribution is 5.82. The number of aliphatic hydroxyl groups is 1. The van der Waals surface area contributed by atoms with Gasteiger partial charge in [-0.1, -0.05) is 18.6 Å². The van der Waals surface area contributed by atoms with E-state index in [1.54, 1.807) is 5.57 Å². The van der Waals surface area contributed by atoms with Gasteiger partial charge in [0.25, 0.3) is 0 Å². The Morgan fingerprint density at radius 2 is 1.84 bits per heavy atom. The fraction of sp³-hybridized carbons (Fsp3) is 0.889. The van der Waals surface area contributed by atoms with E-state index in [2.05, 4.69) is 36.6 Å². The number of nitrogens with zero attached hydrogens (tertiary/aromatic N) is 1. The number of allylic oxidation sites excluding steroid dienone is 1. The van der Waals surface area contributed by atoms with Crippen molar-refractivity contribution in [2.45, 2.75) is 95.7 Å². The lowest BCUT2D eigenvalue weighted by atomic mass is 9.47. The number of nitrogens with two attached hydrogens (primary N) is 1. The van der Waals surface area contributed by atoms with E-state index in [0.717, 1.165) is 29.7 Å². The smallest absolute Gasteiger partial charge is 0.337 e. The number of methoxy groups -OCH3 is 1. The summed E-state index contributed by atoms with van der Waals surface area (Å²) in [5, 5.41) is 8.92. The topological polar surface area (TPSA) is 75.8 Å². The van der Waals surface area contributed by atoms with Gasteiger partial charge in [0, 0.05) is 18.6 Å². The highest BCUT2D eigenvalue weighted by atomic mass is 16.5. The van der Waals surface area contributed by atoms with Crippen LogP contribution in [-0.2, 0) is 9.53 Å². The van der Waals surface area contributed by atoms with Gasteiger partial charge in [-0.3, -0.25) is 0 Å². The van der Waals surface area contributed by atoms with Crippen molar-refractivity contribution in [3.8, 4) is 0 Å². The first-order valence-electron chi connectivity index (χ1n) is 13.1. The van der Waals surface area contributed by atoms with Crippen LogP contribution in [0, 0.1) is 34.5 Å². The fourth-order valence-corrected chi connectivity index (χ4v) is 9.00. The zero-order chi connectivity index (χ0) is 22.9. The van der Waals surface area contributed by atoms with Gasteiger partial charge in [-0.05, 0) is 113 Å². The highest BCUT2D eigenvalue weighted by Gasteiger charge is 2.63. The molecule has 5 heteroatoms. The molecule has 0 aromatic heterocycles. The van der Waals surface area contributed by atoms with Crippen LogP contribution in [0.25, 0.3) is 0 Å². The predicted octanol–water partition coefficient (Wildman–Crippen LogP) is 3.89. The van der Waals surface area contributed by atoms with E-state index in [1.165, 1.54) is 65.0 Å². The Bertz CT molecular complexity index is 792. The number of hydrogen-bond donors (Lipinski definition) is 2. The molecule has 6 rings (SSSR count). The summed E-state index contributed by atoms with van der Waals surface area (Å²) < 4.78 is 4.29. The van der Waals surface area contributed by atoms with E-state index in [0.29, 0.717) is 29.7 Å². The molecule has 6 aliphatic rings. The van der Waals surface area contributed by atoms with Crippen molar-refractivity contribution >= 4 is 5.97 Å². The lowest BCUT2D eigenvalue weighted by Crippen LogP contribution is -2.52. The van der Waals surface area contributed by atoms with Crippen LogP contribution in [0.1, 0.15) is 78.1 Å². The Kier molecular flexibility index (Phi) is 5.58. The molecule has 8 atom stereocenters. The summed E-state index contributed by atoms with van der Waals surface area (Å²) >= 11 is 0. The first-order valence-corrected chi connectivity index (χ1v) is 13.1. The third-order valence-electron chi connectivity index (χ3n) is 11.0. The summed E-state index contributed by atoms with van der Waals surface area (Å²) in [6, 6.07) is 1.24. The maximum atomic E-state index is 10.4. The van der Waals surface area contributed by atoms with Crippen LogP contribution >= 0.6 is 0 Å². The lowest BCUT2D eigenvalue weighted by molar-refractivity contribution is -0.152. The average molecular weight is 445 g/mol. The molecule has 180 valence electrons. The van der Waals surface area contributed by atoms with E-state index in [4.69, 9.17) is 10.8 Å². The van der Waals surface area contributed by atoms with Crippen LogP contribution in [0.15, 0.2) is 11.6 Å². The first kappa shape index (κ1) is 22.9. The number of carbonyl (C=O) groups is 1. The standard InChI is InChI=1S/C22H36N2.C5H8O3/c1-14-18-6-7-20-17-5-4-15-12-16(23)8-10-21(15,2)19(17)9-11-22(18,20)13-24(14)3;1-8-4(6)5(7)2-3-5/h4,14,16-20H,5-13,23H2,1-3H3;7H,2-3H2,1H3. The number of rotatable bonds is 1. The largest absolute Gasteiger partial charge is 0.467 e. The summed E-state index contributed by atoms with van der Waals surface area (Å²) in [7, 11) is 3.65. The van der Waals surface area contributed by atoms with E-state index >= 15 is 0 Å². The SMILES string of the molecule is CC1C2CCC3C4CC=C5CC(N)CCC5(C)C4CCC32CN1C.COC(=O)C1(O)CC1. The second-order valence-corrected chi connectivity index (χ2v) is 12.4. The molecule has 5 fully saturated rings. The molecule has 5 nitrogen and oxygen atoms in total. The number of esters is 1. The normalized spacial score (nSPS) is 48.2. The molecule has 5 aliphatic carbocycles. The van der Waals surface area contributed by atoms with Gasteiger partial charge in [-0.2, -0.15) is 0 Å². The van der Waals surface area contributed by atoms with Gasteiger partial charge in [0.15, 0.2) is 5.60 Å². The predicted molar refractivity (Wildman–Crippen MR) is 126 cm³/mol. The van der Waals surface area contributed by atoms with Crippen molar-refractivity contribution in [3.05, 3.63) is 11.6 Å². The molecule has 0 aromatic carbocycles. The summed E-state index contributed by atoms with van der Waals surface area (Å²) in [5.41, 5.74) is 8.10. The zero-order valence-electron chi connectivity index (χ0n) is 20.6. The van der Waals surface area contributed by atoms with Gasteiger partial charge < -0.3 is 20.5 Å². The molecular weight excluding hydrogens is 400 g/mol. The Hall–Kier alpha value is -0.910. The van der Waals surface area contributed by atoms with Gasteiger partial charge in [0.05, 0.1) is 7.11 Å². The van der Waals surface area contributed by atoms with Gasteiger partial charge in [-0.15, -0.1) is 0 Å². The lowest BCUT2D eigenvalue weighted by Gasteiger charge is -2.58. The summed E-state index contributed by atoms with van der Waals surface area (Å²) in [6.45, 7) is 6.48. The van der Waals surface area contributed by atoms with Crippen molar-refractivity contribution in [3.63, 3.8) is 0 Å². The monoisotopic (exact) mass is 444 g/mol. The molecule has 0 amide bonds. The number of hydrogen-bond acceptors (Lipinski definition) is 5. The van der Waals surface area contributed by atoms with Gasteiger partial charge in [0.2, 0.25) is 0 Å². The van der Waals surface area contributed by atoms with E-state index < -0.39 is 11.6 Å². The minimum absolute atomic E-state index is 0.427. The Labute approximate surface area is 194 Å². The molecule has 0 aromatic rings. The Morgan fingerprint density at radius 1 is 1.12 bits per heavy atom. The third kappa shape index (κ3) is 3.32. The van der Waals surface area contributed by atoms with Crippen molar-refractivity contribution in [1.29, 1.82) is 0 Å². The van der Waals surface area contributed by atoms with Crippen LogP contribution in [0.2, 0.25) is 0 Å². The summed E-state index contributed by atoms with van der Waals surface area (Å²) in [4.78, 5) is 13.1. The first-order chi connectivity index (χ1) is 15.1. The minimum Gasteiger partial charge on any atom is -0.467 e. The van der Waals surface area contributed by atoms with Gasteiger partial charge in [0.1, 0.15) is 0 Å². The third-order valence-corrected chi connectivity index (χ3v) is 11.0. The molecular formula is C27H44N2O3. The number of likely N-dealkylation sites (tertiary alicyclic amines) is 1. The van der Waals surface area contributed by atoms with Crippen molar-refractivity contribution < 1.29 is 14.6 Å². The van der Waals surface area contributed by atoms with Crippen molar-refractivity contribution in [2.24, 2.45) is 40.2 Å². The van der Waals surface area contributed by atoms with Crippen LogP contribution < -0.4 is 5.73 Å². The van der Waals surface area contributed by atoms with Crippen LogP contribution in [0.5, 0.6) is 0 Å². The quantitative estimate of drug-likeness (QED) is 0.474. The number of fused-ring (bicyclic) bond motifs is 4. The van der Waals surface area contributed by atoms with Crippen molar-refractivity contribution in [2.75, 3.05) is 20.7 Å².